The van der Waals surface area contributed by atoms with Crippen molar-refractivity contribution < 1.29 is 9.90 Å². The minimum absolute atomic E-state index is 0.0430. The van der Waals surface area contributed by atoms with Crippen molar-refractivity contribution in [3.05, 3.63) is 29.8 Å². The van der Waals surface area contributed by atoms with Crippen molar-refractivity contribution in [1.29, 1.82) is 0 Å². The van der Waals surface area contributed by atoms with Crippen LogP contribution in [0, 0.1) is 5.92 Å². The lowest BCUT2D eigenvalue weighted by molar-refractivity contribution is 0.0762. The summed E-state index contributed by atoms with van der Waals surface area (Å²) in [6, 6.07) is 7.22. The van der Waals surface area contributed by atoms with Crippen molar-refractivity contribution in [3.63, 3.8) is 0 Å². The van der Waals surface area contributed by atoms with Crippen molar-refractivity contribution in [1.82, 2.24) is 4.90 Å². The number of hydrogen-bond acceptors (Lipinski definition) is 3. The monoisotopic (exact) mass is 251 g/mol. The third-order valence-corrected chi connectivity index (χ3v) is 3.61. The van der Waals surface area contributed by atoms with Crippen molar-refractivity contribution >= 4 is 18.5 Å². The van der Waals surface area contributed by atoms with Gasteiger partial charge >= 0.3 is 0 Å². The molecule has 2 unspecified atom stereocenters. The van der Waals surface area contributed by atoms with E-state index >= 15 is 0 Å². The number of carbonyl (C=O) groups excluding carboxylic acids is 1. The molecule has 17 heavy (non-hydrogen) atoms. The Morgan fingerprint density at radius 3 is 2.65 bits per heavy atom. The number of benzene rings is 1. The van der Waals surface area contributed by atoms with E-state index in [1.54, 1.807) is 19.1 Å². The number of hydrogen-bond donors (Lipinski definition) is 2. The zero-order valence-electron chi connectivity index (χ0n) is 9.84. The number of likely N-dealkylation sites (tertiary alicyclic amines) is 1. The quantitative estimate of drug-likeness (QED) is 0.787. The van der Waals surface area contributed by atoms with Gasteiger partial charge in [0.1, 0.15) is 0 Å². The summed E-state index contributed by atoms with van der Waals surface area (Å²) in [5.41, 5.74) is 0.689. The van der Waals surface area contributed by atoms with Gasteiger partial charge in [-0.25, -0.2) is 0 Å². The van der Waals surface area contributed by atoms with Crippen LogP contribution in [-0.2, 0) is 0 Å². The molecule has 1 aliphatic heterocycles. The number of aliphatic hydroxyl groups is 1. The van der Waals surface area contributed by atoms with Gasteiger partial charge in [0.05, 0.1) is 6.10 Å². The molecule has 1 fully saturated rings. The molecule has 0 radical (unpaired) electrons. The van der Waals surface area contributed by atoms with E-state index in [0.29, 0.717) is 12.1 Å². The summed E-state index contributed by atoms with van der Waals surface area (Å²) in [5, 5.41) is 9.51. The van der Waals surface area contributed by atoms with Crippen molar-refractivity contribution in [3.8, 4) is 0 Å². The molecule has 2 atom stereocenters. The molecule has 1 saturated heterocycles. The zero-order valence-corrected chi connectivity index (χ0v) is 10.7. The van der Waals surface area contributed by atoms with Crippen LogP contribution in [0.5, 0.6) is 0 Å². The molecule has 0 bridgehead atoms. The highest BCUT2D eigenvalue weighted by Crippen LogP contribution is 2.21. The molecule has 1 aliphatic rings. The summed E-state index contributed by atoms with van der Waals surface area (Å²) in [4.78, 5) is 14.8. The molecule has 4 heteroatoms. The normalized spacial score (nSPS) is 21.6. The van der Waals surface area contributed by atoms with E-state index in [9.17, 15) is 9.90 Å². The van der Waals surface area contributed by atoms with Crippen molar-refractivity contribution in [2.75, 3.05) is 13.1 Å². The van der Waals surface area contributed by atoms with Crippen molar-refractivity contribution in [2.24, 2.45) is 5.92 Å². The highest BCUT2D eigenvalue weighted by atomic mass is 32.1. The number of thiol groups is 1. The Hall–Kier alpha value is -1.00. The summed E-state index contributed by atoms with van der Waals surface area (Å²) < 4.78 is 0. The topological polar surface area (TPSA) is 40.5 Å². The van der Waals surface area contributed by atoms with E-state index in [1.807, 2.05) is 17.0 Å². The first kappa shape index (κ1) is 12.5. The molecule has 92 valence electrons. The fraction of sp³-hybridized carbons (Fsp3) is 0.462. The maximum Gasteiger partial charge on any atom is 0.253 e. The molecule has 0 aromatic heterocycles. The molecule has 1 aromatic rings. The van der Waals surface area contributed by atoms with Crippen LogP contribution in [0.4, 0.5) is 0 Å². The van der Waals surface area contributed by atoms with E-state index in [0.717, 1.165) is 17.9 Å². The van der Waals surface area contributed by atoms with Crippen LogP contribution in [0.2, 0.25) is 0 Å². The molecule has 0 spiro atoms. The van der Waals surface area contributed by atoms with E-state index < -0.39 is 0 Å². The summed E-state index contributed by atoms with van der Waals surface area (Å²) in [6.07, 6.45) is 0.543. The molecule has 1 heterocycles. The Morgan fingerprint density at radius 2 is 2.12 bits per heavy atom. The van der Waals surface area contributed by atoms with Gasteiger partial charge in [0.2, 0.25) is 0 Å². The Balaban J connectivity index is 2.04. The van der Waals surface area contributed by atoms with Gasteiger partial charge in [0.15, 0.2) is 0 Å². The first-order valence-corrected chi connectivity index (χ1v) is 6.29. The first-order valence-electron chi connectivity index (χ1n) is 5.84. The number of amides is 1. The third-order valence-electron chi connectivity index (χ3n) is 3.31. The molecule has 0 saturated carbocycles. The molecular formula is C13H17NO2S. The van der Waals surface area contributed by atoms with E-state index in [2.05, 4.69) is 12.6 Å². The highest BCUT2D eigenvalue weighted by molar-refractivity contribution is 7.80. The average molecular weight is 251 g/mol. The van der Waals surface area contributed by atoms with Gasteiger partial charge in [0.25, 0.3) is 5.91 Å². The van der Waals surface area contributed by atoms with Crippen LogP contribution < -0.4 is 0 Å². The molecular weight excluding hydrogens is 234 g/mol. The lowest BCUT2D eigenvalue weighted by atomic mass is 10.0. The molecule has 0 aliphatic carbocycles. The second kappa shape index (κ2) is 5.10. The summed E-state index contributed by atoms with van der Waals surface area (Å²) >= 11 is 4.19. The Kier molecular flexibility index (Phi) is 3.74. The number of rotatable bonds is 2. The summed E-state index contributed by atoms with van der Waals surface area (Å²) in [6.45, 7) is 3.17. The summed E-state index contributed by atoms with van der Waals surface area (Å²) in [5.74, 6) is 0.254. The van der Waals surface area contributed by atoms with Crippen LogP contribution >= 0.6 is 12.6 Å². The number of carbonyl (C=O) groups is 1. The van der Waals surface area contributed by atoms with Gasteiger partial charge in [-0.05, 0) is 37.6 Å². The van der Waals surface area contributed by atoms with Crippen molar-refractivity contribution in [2.45, 2.75) is 24.3 Å². The smallest absolute Gasteiger partial charge is 0.253 e. The second-order valence-corrected chi connectivity index (χ2v) is 5.10. The van der Waals surface area contributed by atoms with E-state index in [-0.39, 0.29) is 17.9 Å². The second-order valence-electron chi connectivity index (χ2n) is 4.59. The van der Waals surface area contributed by atoms with Crippen LogP contribution in [-0.4, -0.2) is 35.1 Å². The zero-order chi connectivity index (χ0) is 12.4. The third kappa shape index (κ3) is 2.82. The van der Waals surface area contributed by atoms with Gasteiger partial charge in [-0.1, -0.05) is 0 Å². The van der Waals surface area contributed by atoms with Crippen LogP contribution in [0.1, 0.15) is 23.7 Å². The predicted octanol–water partition coefficient (Wildman–Crippen LogP) is 1.82. The van der Waals surface area contributed by atoms with E-state index in [4.69, 9.17) is 0 Å². The predicted molar refractivity (Wildman–Crippen MR) is 69.4 cm³/mol. The minimum Gasteiger partial charge on any atom is -0.393 e. The van der Waals surface area contributed by atoms with Crippen LogP contribution in [0.25, 0.3) is 0 Å². The lowest BCUT2D eigenvalue weighted by Crippen LogP contribution is -2.30. The Labute approximate surface area is 107 Å². The standard InChI is InChI=1S/C13H17NO2S/c1-9(15)11-6-7-14(8-11)13(16)10-2-4-12(17)5-3-10/h2-5,9,11,15,17H,6-8H2,1H3. The SMILES string of the molecule is CC(O)C1CCN(C(=O)c2ccc(S)cc2)C1. The largest absolute Gasteiger partial charge is 0.393 e. The fourth-order valence-corrected chi connectivity index (χ4v) is 2.30. The molecule has 1 amide bonds. The van der Waals surface area contributed by atoms with Gasteiger partial charge in [-0.2, -0.15) is 0 Å². The van der Waals surface area contributed by atoms with Crippen LogP contribution in [0.3, 0.4) is 0 Å². The molecule has 1 aromatic carbocycles. The van der Waals surface area contributed by atoms with Gasteiger partial charge in [-0.15, -0.1) is 12.6 Å². The molecule has 2 rings (SSSR count). The maximum atomic E-state index is 12.1. The Bertz CT molecular complexity index is 402. The number of aliphatic hydroxyl groups excluding tert-OH is 1. The first-order chi connectivity index (χ1) is 8.08. The van der Waals surface area contributed by atoms with Gasteiger partial charge in [0, 0.05) is 29.5 Å². The number of nitrogens with zero attached hydrogens (tertiary/aromatic N) is 1. The molecule has 3 nitrogen and oxygen atoms in total. The van der Waals surface area contributed by atoms with Gasteiger partial charge < -0.3 is 10.0 Å². The lowest BCUT2D eigenvalue weighted by Gasteiger charge is -2.17. The minimum atomic E-state index is -0.340. The highest BCUT2D eigenvalue weighted by Gasteiger charge is 2.29. The Morgan fingerprint density at radius 1 is 1.47 bits per heavy atom. The fourth-order valence-electron chi connectivity index (χ4n) is 2.15. The van der Waals surface area contributed by atoms with Gasteiger partial charge in [-0.3, -0.25) is 4.79 Å². The average Bonchev–Trinajstić information content (AvgIpc) is 2.78. The molecule has 1 N–H and O–H groups in total. The maximum absolute atomic E-state index is 12.1. The summed E-state index contributed by atoms with van der Waals surface area (Å²) in [7, 11) is 0. The van der Waals surface area contributed by atoms with E-state index in [1.165, 1.54) is 0 Å². The van der Waals surface area contributed by atoms with Crippen LogP contribution in [0.15, 0.2) is 29.2 Å².